The lowest BCUT2D eigenvalue weighted by Crippen LogP contribution is -2.62. The number of aliphatic hydroxyl groups excluding tert-OH is 1. The number of guanidine groups is 1. The number of hydrogen-bond acceptors (Lipinski definition) is 7. The second-order valence-electron chi connectivity index (χ2n) is 7.86. The first-order chi connectivity index (χ1) is 15.1. The Hall–Kier alpha value is -2.40. The van der Waals surface area contributed by atoms with Crippen molar-refractivity contribution in [3.63, 3.8) is 0 Å². The summed E-state index contributed by atoms with van der Waals surface area (Å²) in [5, 5.41) is 14.7. The molecule has 2 unspecified atom stereocenters. The number of aliphatic hydroxyl groups is 1. The Morgan fingerprint density at radius 3 is 2.66 bits per heavy atom. The van der Waals surface area contributed by atoms with E-state index in [0.717, 1.165) is 11.4 Å². The van der Waals surface area contributed by atoms with Crippen molar-refractivity contribution in [1.29, 1.82) is 0 Å². The molecule has 1 aromatic carbocycles. The summed E-state index contributed by atoms with van der Waals surface area (Å²) in [6.45, 7) is 1.28. The summed E-state index contributed by atoms with van der Waals surface area (Å²) in [5.74, 6) is 0.712. The van der Waals surface area contributed by atoms with Crippen LogP contribution in [0.4, 0.5) is 4.79 Å². The largest absolute Gasteiger partial charge is 0.489 e. The number of benzene rings is 1. The van der Waals surface area contributed by atoms with Gasteiger partial charge in [-0.3, -0.25) is 19.9 Å². The summed E-state index contributed by atoms with van der Waals surface area (Å²) in [4.78, 5) is 34.1. The fourth-order valence-electron chi connectivity index (χ4n) is 3.38. The number of carbonyl (C=O) groups excluding carboxylic acids is 2. The van der Waals surface area contributed by atoms with Crippen LogP contribution in [0.5, 0.6) is 5.75 Å². The molecule has 1 fully saturated rings. The average molecular weight is 486 g/mol. The highest BCUT2D eigenvalue weighted by atomic mass is 35.5. The molecule has 174 valence electrons. The van der Waals surface area contributed by atoms with Crippen LogP contribution in [-0.2, 0) is 4.79 Å². The molecule has 2 aliphatic rings. The molecule has 2 N–H and O–H groups in total. The van der Waals surface area contributed by atoms with Gasteiger partial charge >= 0.3 is 12.0 Å². The standard InChI is InChI=1S/C20H26Cl2N6O4/c1-25(2)8-7-23-19-24-17-16(18(30)27(4)20(31)26(17)3)28(19)10-13(29)11-32-15-6-5-12(21)9-14(15)22/h5-6,9,13,16,29H,7-8,10-11H2,1-4H3/p+1. The number of carbonyl (C=O) groups is 2. The van der Waals surface area contributed by atoms with Crippen molar-refractivity contribution in [2.24, 2.45) is 4.99 Å². The van der Waals surface area contributed by atoms with Crippen LogP contribution in [0, 0.1) is 0 Å². The predicted molar refractivity (Wildman–Crippen MR) is 122 cm³/mol. The third kappa shape index (κ3) is 5.15. The number of imide groups is 1. The van der Waals surface area contributed by atoms with Gasteiger partial charge in [-0.15, -0.1) is 0 Å². The van der Waals surface area contributed by atoms with Gasteiger partial charge in [0.25, 0.3) is 5.91 Å². The molecule has 0 saturated carbocycles. The van der Waals surface area contributed by atoms with Crippen LogP contribution < -0.4 is 10.1 Å². The highest BCUT2D eigenvalue weighted by Gasteiger charge is 2.51. The van der Waals surface area contributed by atoms with E-state index in [9.17, 15) is 14.7 Å². The van der Waals surface area contributed by atoms with E-state index in [0.29, 0.717) is 34.1 Å². The van der Waals surface area contributed by atoms with E-state index in [1.807, 2.05) is 19.0 Å². The molecule has 1 saturated heterocycles. The Labute approximate surface area is 196 Å². The number of ether oxygens (including phenoxy) is 1. The number of amidine groups is 1. The van der Waals surface area contributed by atoms with Gasteiger partial charge in [-0.05, 0) is 32.3 Å². The Bertz CT molecular complexity index is 967. The number of rotatable bonds is 8. The molecule has 0 radical (unpaired) electrons. The van der Waals surface area contributed by atoms with Gasteiger partial charge in [0.2, 0.25) is 11.9 Å². The lowest BCUT2D eigenvalue weighted by Gasteiger charge is -2.32. The van der Waals surface area contributed by atoms with Gasteiger partial charge < -0.3 is 14.7 Å². The van der Waals surface area contributed by atoms with Crippen molar-refractivity contribution in [3.8, 4) is 5.75 Å². The zero-order valence-corrected chi connectivity index (χ0v) is 19.9. The van der Waals surface area contributed by atoms with Gasteiger partial charge in [-0.25, -0.2) is 9.37 Å². The van der Waals surface area contributed by atoms with Crippen LogP contribution in [0.1, 0.15) is 0 Å². The molecule has 0 spiro atoms. The summed E-state index contributed by atoms with van der Waals surface area (Å²) in [6.07, 6.45) is -0.969. The van der Waals surface area contributed by atoms with Gasteiger partial charge in [-0.1, -0.05) is 28.2 Å². The molecular formula is C20H27Cl2N6O4+. The lowest BCUT2D eigenvalue weighted by molar-refractivity contribution is -0.545. The average Bonchev–Trinajstić information content (AvgIpc) is 3.08. The first-order valence-electron chi connectivity index (χ1n) is 10.0. The van der Waals surface area contributed by atoms with Crippen molar-refractivity contribution in [1.82, 2.24) is 20.0 Å². The smallest absolute Gasteiger partial charge is 0.390 e. The molecule has 2 aliphatic heterocycles. The number of nitrogens with one attached hydrogen (secondary N) is 1. The number of likely N-dealkylation sites (N-methyl/N-ethyl adjacent to an activating group) is 3. The highest BCUT2D eigenvalue weighted by Crippen LogP contribution is 2.27. The van der Waals surface area contributed by atoms with E-state index in [1.165, 1.54) is 11.9 Å². The molecule has 32 heavy (non-hydrogen) atoms. The number of halogens is 2. The summed E-state index contributed by atoms with van der Waals surface area (Å²) in [5.41, 5.74) is 0. The van der Waals surface area contributed by atoms with Gasteiger partial charge in [0, 0.05) is 25.7 Å². The molecule has 10 nitrogen and oxygen atoms in total. The van der Waals surface area contributed by atoms with Crippen LogP contribution in [0.25, 0.3) is 0 Å². The van der Waals surface area contributed by atoms with Gasteiger partial charge in [-0.2, -0.15) is 0 Å². The molecule has 3 amide bonds. The Kier molecular flexibility index (Phi) is 7.60. The minimum Gasteiger partial charge on any atom is -0.489 e. The summed E-state index contributed by atoms with van der Waals surface area (Å²) >= 11 is 12.0. The van der Waals surface area contributed by atoms with Gasteiger partial charge in [0.1, 0.15) is 18.5 Å². The van der Waals surface area contributed by atoms with Gasteiger partial charge in [0.15, 0.2) is 0 Å². The second kappa shape index (κ2) is 10.0. The number of urea groups is 1. The van der Waals surface area contributed by atoms with E-state index < -0.39 is 24.1 Å². The highest BCUT2D eigenvalue weighted by molar-refractivity contribution is 6.35. The number of amides is 3. The monoisotopic (exact) mass is 485 g/mol. The fraction of sp³-hybridized carbons (Fsp3) is 0.500. The predicted octanol–water partition coefficient (Wildman–Crippen LogP) is 0.557. The minimum atomic E-state index is -0.969. The summed E-state index contributed by atoms with van der Waals surface area (Å²) < 4.78 is 7.29. The Balaban J connectivity index is 1.77. The van der Waals surface area contributed by atoms with E-state index in [1.54, 1.807) is 29.8 Å². The van der Waals surface area contributed by atoms with Crippen molar-refractivity contribution in [3.05, 3.63) is 28.2 Å². The molecule has 1 aromatic rings. The van der Waals surface area contributed by atoms with E-state index >= 15 is 0 Å². The molecule has 0 aromatic heterocycles. The maximum absolute atomic E-state index is 12.9. The summed E-state index contributed by atoms with van der Waals surface area (Å²) in [7, 11) is 6.88. The number of aliphatic imine (C=N–C) groups is 1. The number of nitrogens with zero attached hydrogens (tertiary/aromatic N) is 5. The van der Waals surface area contributed by atoms with Crippen molar-refractivity contribution < 1.29 is 24.0 Å². The molecule has 3 rings (SSSR count). The second-order valence-corrected chi connectivity index (χ2v) is 8.70. The minimum absolute atomic E-state index is 0.0504. The van der Waals surface area contributed by atoms with E-state index in [4.69, 9.17) is 27.9 Å². The molecule has 2 atom stereocenters. The van der Waals surface area contributed by atoms with Crippen molar-refractivity contribution in [2.45, 2.75) is 12.1 Å². The van der Waals surface area contributed by atoms with E-state index in [2.05, 4.69) is 10.3 Å². The van der Waals surface area contributed by atoms with Gasteiger partial charge in [0.05, 0.1) is 18.1 Å². The lowest BCUT2D eigenvalue weighted by atomic mass is 10.1. The summed E-state index contributed by atoms with van der Waals surface area (Å²) in [6, 6.07) is 3.53. The first kappa shape index (κ1) is 24.2. The Morgan fingerprint density at radius 1 is 1.28 bits per heavy atom. The SMILES string of the molecule is CN(C)CCNC1=[N+](CC(O)COc2ccc(Cl)cc2Cl)C2C(=O)N(C)C(=O)N(C)C2=N1. The number of fused-ring (bicyclic) bond motifs is 1. The third-order valence-electron chi connectivity index (χ3n) is 5.11. The third-order valence-corrected chi connectivity index (χ3v) is 5.64. The fourth-order valence-corrected chi connectivity index (χ4v) is 3.84. The zero-order valence-electron chi connectivity index (χ0n) is 18.4. The van der Waals surface area contributed by atoms with Crippen LogP contribution in [0.2, 0.25) is 10.0 Å². The zero-order chi connectivity index (χ0) is 23.6. The molecule has 0 bridgehead atoms. The molecular weight excluding hydrogens is 459 g/mol. The maximum atomic E-state index is 12.9. The van der Waals surface area contributed by atoms with Crippen LogP contribution in [0.15, 0.2) is 23.2 Å². The Morgan fingerprint density at radius 2 is 2.00 bits per heavy atom. The van der Waals surface area contributed by atoms with Crippen molar-refractivity contribution in [2.75, 3.05) is 54.4 Å². The van der Waals surface area contributed by atoms with Crippen LogP contribution >= 0.6 is 23.2 Å². The molecule has 2 heterocycles. The number of hydrogen-bond donors (Lipinski definition) is 2. The maximum Gasteiger partial charge on any atom is 0.390 e. The molecule has 12 heteroatoms. The molecule has 0 aliphatic carbocycles. The number of β-amino-alcohol motifs (C(OH)–C–C–N with tert-alkyl or cyclic N) is 1. The normalized spacial score (nSPS) is 19.5. The van der Waals surface area contributed by atoms with Crippen LogP contribution in [0.3, 0.4) is 0 Å². The quantitative estimate of drug-likeness (QED) is 0.521. The van der Waals surface area contributed by atoms with Crippen molar-refractivity contribution >= 4 is 46.9 Å². The topological polar surface area (TPSA) is 101 Å². The first-order valence-corrected chi connectivity index (χ1v) is 10.8. The van der Waals surface area contributed by atoms with Crippen LogP contribution in [-0.4, -0.2) is 115 Å². The van der Waals surface area contributed by atoms with E-state index in [-0.39, 0.29) is 13.2 Å².